The zero-order valence-corrected chi connectivity index (χ0v) is 35.8. The van der Waals surface area contributed by atoms with Gasteiger partial charge in [-0.05, 0) is 87.1 Å². The van der Waals surface area contributed by atoms with Gasteiger partial charge in [-0.3, -0.25) is 4.79 Å². The van der Waals surface area contributed by atoms with E-state index in [9.17, 15) is 38.7 Å². The number of rotatable bonds is 8. The zero-order valence-electron chi connectivity index (χ0n) is 35.0. The number of aliphatic hydroxyl groups is 5. The molecule has 8 N–H and O–H groups in total. The van der Waals surface area contributed by atoms with Crippen molar-refractivity contribution in [2.75, 3.05) is 20.7 Å². The number of hydrogen-bond donors (Lipinski definition) is 7. The molecule has 17 nitrogen and oxygen atoms in total. The number of carbonyl (C=O) groups excluding carboxylic acids is 1. The van der Waals surface area contributed by atoms with Crippen LogP contribution in [0.1, 0.15) is 102 Å². The van der Waals surface area contributed by atoms with E-state index in [0.717, 1.165) is 4.31 Å². The summed E-state index contributed by atoms with van der Waals surface area (Å²) in [5, 5.41) is 67.0. The molecular weight excluding hydrogens is 742 g/mol. The predicted molar refractivity (Wildman–Crippen MR) is 201 cm³/mol. The SMILES string of the molecule is CC[C@H]1OC(=O)[C@H](C)[C@@H](O[C@H]2C[C@@](C)(OC)[C@@](C)(O)[C@H](C)O2)[C@H](C)[C@@H](O[C@@H]2O[C@H](C)C[C@H](N(C)S(N)(=O)=O)[C@H]2O)[C@](C)(O)C[C@@H](C)CN[C@H](C)[C@@H](O)[C@]1(C)O. The first kappa shape index (κ1) is 48.3. The first-order valence-corrected chi connectivity index (χ1v) is 21.0. The highest BCUT2D eigenvalue weighted by Crippen LogP contribution is 2.43. The fourth-order valence-electron chi connectivity index (χ4n) is 8.54. The molecule has 0 aliphatic carbocycles. The van der Waals surface area contributed by atoms with Gasteiger partial charge in [0.1, 0.15) is 35.1 Å². The number of likely N-dealkylation sites (N-methyl/N-ethyl adjacent to an activating group) is 1. The summed E-state index contributed by atoms with van der Waals surface area (Å²) in [5.41, 5.74) is -6.16. The van der Waals surface area contributed by atoms with E-state index in [1.165, 1.54) is 21.1 Å². The van der Waals surface area contributed by atoms with Crippen molar-refractivity contribution in [1.29, 1.82) is 0 Å². The summed E-state index contributed by atoms with van der Waals surface area (Å²) < 4.78 is 62.9. The summed E-state index contributed by atoms with van der Waals surface area (Å²) in [6, 6.07) is -1.68. The van der Waals surface area contributed by atoms with Gasteiger partial charge in [-0.1, -0.05) is 20.8 Å². The number of cyclic esters (lactones) is 1. The highest BCUT2D eigenvalue weighted by molar-refractivity contribution is 7.86. The quantitative estimate of drug-likeness (QED) is 0.165. The molecule has 18 heteroatoms. The van der Waals surface area contributed by atoms with Crippen LogP contribution in [-0.2, 0) is 43.4 Å². The molecule has 0 aromatic rings. The van der Waals surface area contributed by atoms with E-state index < -0.39 is 118 Å². The van der Waals surface area contributed by atoms with Gasteiger partial charge in [0, 0.05) is 32.5 Å². The van der Waals surface area contributed by atoms with Gasteiger partial charge in [-0.25, -0.2) is 5.14 Å². The molecule has 55 heavy (non-hydrogen) atoms. The minimum absolute atomic E-state index is 0.0381. The van der Waals surface area contributed by atoms with Crippen molar-refractivity contribution in [3.8, 4) is 0 Å². The van der Waals surface area contributed by atoms with E-state index in [-0.39, 0.29) is 31.6 Å². The van der Waals surface area contributed by atoms with Gasteiger partial charge in [0.25, 0.3) is 10.2 Å². The number of methoxy groups -OCH3 is 1. The second-order valence-corrected chi connectivity index (χ2v) is 18.9. The summed E-state index contributed by atoms with van der Waals surface area (Å²) in [6.07, 6.45) is -9.92. The van der Waals surface area contributed by atoms with Crippen LogP contribution in [0.15, 0.2) is 0 Å². The Morgan fingerprint density at radius 3 is 2.13 bits per heavy atom. The summed E-state index contributed by atoms with van der Waals surface area (Å²) in [7, 11) is -1.50. The van der Waals surface area contributed by atoms with Gasteiger partial charge in [0.05, 0.1) is 42.0 Å². The largest absolute Gasteiger partial charge is 0.459 e. The molecule has 0 amide bonds. The van der Waals surface area contributed by atoms with Gasteiger partial charge in [0.15, 0.2) is 12.6 Å². The predicted octanol–water partition coefficient (Wildman–Crippen LogP) is 0.522. The second kappa shape index (κ2) is 18.0. The molecule has 0 radical (unpaired) electrons. The molecule has 3 rings (SSSR count). The Bertz CT molecular complexity index is 1390. The monoisotopic (exact) mass is 813 g/mol. The van der Waals surface area contributed by atoms with Gasteiger partial charge >= 0.3 is 5.97 Å². The van der Waals surface area contributed by atoms with E-state index in [2.05, 4.69) is 5.32 Å². The maximum Gasteiger partial charge on any atom is 0.311 e. The average Bonchev–Trinajstić information content (AvgIpc) is 3.08. The first-order valence-electron chi connectivity index (χ1n) is 19.4. The molecule has 18 atom stereocenters. The Labute approximate surface area is 327 Å². The Morgan fingerprint density at radius 2 is 1.58 bits per heavy atom. The van der Waals surface area contributed by atoms with Crippen LogP contribution < -0.4 is 10.5 Å². The summed E-state index contributed by atoms with van der Waals surface area (Å²) in [6.45, 7) is 18.6. The molecule has 0 saturated carbocycles. The van der Waals surface area contributed by atoms with Gasteiger partial charge in [-0.15, -0.1) is 0 Å². The third kappa shape index (κ3) is 10.6. The van der Waals surface area contributed by atoms with Crippen LogP contribution in [0.5, 0.6) is 0 Å². The number of esters is 1. The molecule has 3 saturated heterocycles. The lowest BCUT2D eigenvalue weighted by atomic mass is 9.76. The molecular formula is C37H71N3O14S. The molecule has 3 aliphatic rings. The molecule has 324 valence electrons. The van der Waals surface area contributed by atoms with Crippen molar-refractivity contribution in [3.63, 3.8) is 0 Å². The molecule has 3 fully saturated rings. The minimum Gasteiger partial charge on any atom is -0.459 e. The van der Waals surface area contributed by atoms with Crippen LogP contribution in [0, 0.1) is 17.8 Å². The third-order valence-corrected chi connectivity index (χ3v) is 13.7. The lowest BCUT2D eigenvalue weighted by Crippen LogP contribution is -2.65. The molecule has 0 aromatic heterocycles. The molecule has 0 bridgehead atoms. The highest BCUT2D eigenvalue weighted by atomic mass is 32.2. The number of carbonyl (C=O) groups is 1. The lowest BCUT2D eigenvalue weighted by molar-refractivity contribution is -0.334. The molecule has 3 aliphatic heterocycles. The molecule has 0 unspecified atom stereocenters. The summed E-state index contributed by atoms with van der Waals surface area (Å²) in [4.78, 5) is 14.2. The number of hydrogen-bond acceptors (Lipinski definition) is 15. The Morgan fingerprint density at radius 1 is 0.982 bits per heavy atom. The Hall–Kier alpha value is -1.10. The van der Waals surface area contributed by atoms with Gasteiger partial charge in [-0.2, -0.15) is 12.7 Å². The van der Waals surface area contributed by atoms with Crippen LogP contribution in [0.3, 0.4) is 0 Å². The van der Waals surface area contributed by atoms with Crippen molar-refractivity contribution in [1.82, 2.24) is 9.62 Å². The normalized spacial score (nSPS) is 48.8. The van der Waals surface area contributed by atoms with Crippen LogP contribution in [0.25, 0.3) is 0 Å². The summed E-state index contributed by atoms with van der Waals surface area (Å²) >= 11 is 0. The van der Waals surface area contributed by atoms with Crippen LogP contribution in [-0.4, -0.2) is 155 Å². The van der Waals surface area contributed by atoms with Crippen LogP contribution in [0.2, 0.25) is 0 Å². The van der Waals surface area contributed by atoms with Crippen LogP contribution >= 0.6 is 0 Å². The van der Waals surface area contributed by atoms with E-state index in [1.54, 1.807) is 62.3 Å². The molecule has 3 heterocycles. The number of aliphatic hydroxyl groups excluding tert-OH is 2. The minimum atomic E-state index is -4.22. The fraction of sp³-hybridized carbons (Fsp3) is 0.973. The topological polar surface area (TPSA) is 249 Å². The third-order valence-electron chi connectivity index (χ3n) is 12.7. The lowest BCUT2D eigenvalue weighted by Gasteiger charge is -2.52. The van der Waals surface area contributed by atoms with Crippen molar-refractivity contribution < 1.29 is 67.2 Å². The highest BCUT2D eigenvalue weighted by Gasteiger charge is 2.56. The van der Waals surface area contributed by atoms with Crippen LogP contribution in [0.4, 0.5) is 0 Å². The van der Waals surface area contributed by atoms with Crippen molar-refractivity contribution in [2.24, 2.45) is 22.9 Å². The standard InChI is InChI=1S/C37H71N3O14S/c1-14-26-36(10,45)30(42)23(6)39-18-19(2)16-34(8,44)31(54-33-28(41)25(15-20(3)50-33)40(12)55(38,47)48)21(4)29(22(5)32(43)52-26)53-27-17-35(9,49-13)37(11,46)24(7)51-27/h19-31,33,39,41-42,44-46H,14-18H2,1-13H3,(H2,38,47,48)/t19-,20-,21+,22-,23-,24+,25+,26-,27+,28-,29+,30-,31-,33+,34-,35-,36-,37+/m1/s1. The van der Waals surface area contributed by atoms with Gasteiger partial charge in [0.2, 0.25) is 0 Å². The average molecular weight is 814 g/mol. The maximum atomic E-state index is 14.2. The number of ether oxygens (including phenoxy) is 6. The van der Waals surface area contributed by atoms with E-state index in [0.29, 0.717) is 6.54 Å². The van der Waals surface area contributed by atoms with E-state index in [4.69, 9.17) is 33.6 Å². The summed E-state index contributed by atoms with van der Waals surface area (Å²) in [5.74, 6) is -3.07. The van der Waals surface area contributed by atoms with Crippen molar-refractivity contribution in [2.45, 2.75) is 192 Å². The zero-order chi connectivity index (χ0) is 42.2. The Kier molecular flexibility index (Phi) is 15.8. The smallest absolute Gasteiger partial charge is 0.311 e. The van der Waals surface area contributed by atoms with Crippen molar-refractivity contribution in [3.05, 3.63) is 0 Å². The maximum absolute atomic E-state index is 14.2. The van der Waals surface area contributed by atoms with E-state index >= 15 is 0 Å². The molecule has 0 spiro atoms. The number of nitrogens with zero attached hydrogens (tertiary/aromatic N) is 1. The van der Waals surface area contributed by atoms with Crippen molar-refractivity contribution >= 4 is 16.2 Å². The van der Waals surface area contributed by atoms with Gasteiger partial charge < -0.3 is 59.3 Å². The first-order chi connectivity index (χ1) is 25.0. The second-order valence-electron chi connectivity index (χ2n) is 17.3. The molecule has 0 aromatic carbocycles. The number of nitrogens with two attached hydrogens (primary N) is 1. The number of nitrogens with one attached hydrogen (secondary N) is 1. The Balaban J connectivity index is 2.19. The van der Waals surface area contributed by atoms with E-state index in [1.807, 2.05) is 6.92 Å². The fourth-order valence-corrected chi connectivity index (χ4v) is 9.12.